The smallest absolute Gasteiger partial charge is 0.324 e. The summed E-state index contributed by atoms with van der Waals surface area (Å²) in [5.41, 5.74) is 0.750. The molecule has 0 amide bonds. The molecule has 0 radical (unpaired) electrons. The lowest BCUT2D eigenvalue weighted by Crippen LogP contribution is -2.50. The number of ketones is 1. The predicted molar refractivity (Wildman–Crippen MR) is 115 cm³/mol. The van der Waals surface area contributed by atoms with E-state index in [1.807, 2.05) is 30.3 Å². The van der Waals surface area contributed by atoms with E-state index in [2.05, 4.69) is 0 Å². The van der Waals surface area contributed by atoms with Crippen LogP contribution in [0.3, 0.4) is 0 Å². The van der Waals surface area contributed by atoms with E-state index in [0.29, 0.717) is 31.4 Å². The number of nitrogens with zero attached hydrogens (tertiary/aromatic N) is 1. The maximum Gasteiger partial charge on any atom is 0.324 e. The largest absolute Gasteiger partial charge is 0.497 e. The van der Waals surface area contributed by atoms with Crippen molar-refractivity contribution in [2.75, 3.05) is 14.2 Å². The quantitative estimate of drug-likeness (QED) is 0.580. The standard InChI is InChI=1S/C23H27NO6S/c1-29-20-12-14-21(15-13-20)31(27,28)24(16-17-6-4-3-5-7-17)22(23(26)30-2)18-8-10-19(25)11-9-18/h3-7,12-15,18,22H,8-11,16H2,1-2H3/t22-/m1/s1. The maximum absolute atomic E-state index is 13.7. The zero-order valence-corrected chi connectivity index (χ0v) is 18.5. The minimum atomic E-state index is -4.05. The Morgan fingerprint density at radius 3 is 2.19 bits per heavy atom. The van der Waals surface area contributed by atoms with Gasteiger partial charge in [0, 0.05) is 19.4 Å². The number of carbonyl (C=O) groups is 2. The highest BCUT2D eigenvalue weighted by Crippen LogP contribution is 2.33. The molecule has 0 N–H and O–H groups in total. The monoisotopic (exact) mass is 445 g/mol. The molecule has 0 saturated heterocycles. The molecule has 0 aromatic heterocycles. The first kappa shape index (κ1) is 23.0. The number of hydrogen-bond acceptors (Lipinski definition) is 6. The Morgan fingerprint density at radius 2 is 1.65 bits per heavy atom. The summed E-state index contributed by atoms with van der Waals surface area (Å²) in [5, 5.41) is 0. The van der Waals surface area contributed by atoms with Crippen LogP contribution in [0.15, 0.2) is 59.5 Å². The summed E-state index contributed by atoms with van der Waals surface area (Å²) in [7, 11) is -1.29. The lowest BCUT2D eigenvalue weighted by atomic mass is 9.83. The Labute approximate surface area is 183 Å². The van der Waals surface area contributed by atoms with Crippen molar-refractivity contribution in [1.82, 2.24) is 4.31 Å². The Morgan fingerprint density at radius 1 is 1.03 bits per heavy atom. The van der Waals surface area contributed by atoms with Gasteiger partial charge in [0.25, 0.3) is 0 Å². The van der Waals surface area contributed by atoms with E-state index in [9.17, 15) is 18.0 Å². The molecule has 1 fully saturated rings. The zero-order valence-electron chi connectivity index (χ0n) is 17.7. The van der Waals surface area contributed by atoms with Crippen molar-refractivity contribution in [3.05, 3.63) is 60.2 Å². The number of hydrogen-bond donors (Lipinski definition) is 0. The molecule has 1 atom stereocenters. The molecule has 1 aliphatic rings. The highest BCUT2D eigenvalue weighted by molar-refractivity contribution is 7.89. The number of benzene rings is 2. The van der Waals surface area contributed by atoms with Crippen LogP contribution in [0.5, 0.6) is 5.75 Å². The molecule has 0 unspecified atom stereocenters. The van der Waals surface area contributed by atoms with Gasteiger partial charge in [-0.2, -0.15) is 4.31 Å². The Kier molecular flexibility index (Phi) is 7.46. The highest BCUT2D eigenvalue weighted by atomic mass is 32.2. The van der Waals surface area contributed by atoms with Gasteiger partial charge in [-0.05, 0) is 48.6 Å². The number of rotatable bonds is 8. The van der Waals surface area contributed by atoms with Crippen molar-refractivity contribution in [3.8, 4) is 5.75 Å². The summed E-state index contributed by atoms with van der Waals surface area (Å²) >= 11 is 0. The van der Waals surface area contributed by atoms with E-state index >= 15 is 0 Å². The minimum absolute atomic E-state index is 0.0133. The maximum atomic E-state index is 13.7. The van der Waals surface area contributed by atoms with E-state index < -0.39 is 22.0 Å². The molecule has 31 heavy (non-hydrogen) atoms. The van der Waals surface area contributed by atoms with Gasteiger partial charge in [-0.3, -0.25) is 9.59 Å². The number of ether oxygens (including phenoxy) is 2. The fraction of sp³-hybridized carbons (Fsp3) is 0.391. The second-order valence-corrected chi connectivity index (χ2v) is 9.45. The molecule has 0 bridgehead atoms. The first-order valence-electron chi connectivity index (χ1n) is 10.2. The van der Waals surface area contributed by atoms with Crippen molar-refractivity contribution in [1.29, 1.82) is 0 Å². The fourth-order valence-electron chi connectivity index (χ4n) is 3.92. The third kappa shape index (κ3) is 5.32. The third-order valence-corrected chi connectivity index (χ3v) is 7.48. The van der Waals surface area contributed by atoms with Gasteiger partial charge in [-0.25, -0.2) is 8.42 Å². The topological polar surface area (TPSA) is 90.0 Å². The van der Waals surface area contributed by atoms with E-state index in [0.717, 1.165) is 5.56 Å². The van der Waals surface area contributed by atoms with Crippen LogP contribution >= 0.6 is 0 Å². The van der Waals surface area contributed by atoms with Crippen LogP contribution in [0.2, 0.25) is 0 Å². The van der Waals surface area contributed by atoms with Crippen molar-refractivity contribution < 1.29 is 27.5 Å². The molecule has 0 aliphatic heterocycles. The molecule has 8 heteroatoms. The molecule has 166 valence electrons. The van der Waals surface area contributed by atoms with Gasteiger partial charge in [0.1, 0.15) is 17.6 Å². The lowest BCUT2D eigenvalue weighted by molar-refractivity contribution is -0.148. The highest BCUT2D eigenvalue weighted by Gasteiger charge is 2.42. The molecular formula is C23H27NO6S. The zero-order chi connectivity index (χ0) is 22.4. The predicted octanol–water partition coefficient (Wildman–Crippen LogP) is 3.19. The van der Waals surface area contributed by atoms with Crippen LogP contribution in [-0.2, 0) is 30.9 Å². The van der Waals surface area contributed by atoms with Crippen molar-refractivity contribution in [3.63, 3.8) is 0 Å². The third-order valence-electron chi connectivity index (χ3n) is 5.63. The van der Waals surface area contributed by atoms with Gasteiger partial charge in [-0.15, -0.1) is 0 Å². The van der Waals surface area contributed by atoms with Crippen LogP contribution in [0, 0.1) is 5.92 Å². The Balaban J connectivity index is 2.06. The van der Waals surface area contributed by atoms with Gasteiger partial charge in [0.2, 0.25) is 10.0 Å². The fourth-order valence-corrected chi connectivity index (χ4v) is 5.55. The molecule has 0 heterocycles. The summed E-state index contributed by atoms with van der Waals surface area (Å²) in [6.07, 6.45) is 1.56. The van der Waals surface area contributed by atoms with Crippen molar-refractivity contribution in [2.24, 2.45) is 5.92 Å². The van der Waals surface area contributed by atoms with E-state index in [1.165, 1.54) is 30.7 Å². The minimum Gasteiger partial charge on any atom is -0.497 e. The molecule has 1 aliphatic carbocycles. The van der Waals surface area contributed by atoms with E-state index in [1.54, 1.807) is 12.1 Å². The summed E-state index contributed by atoms with van der Waals surface area (Å²) in [5.74, 6) is -0.259. The van der Waals surface area contributed by atoms with Gasteiger partial charge < -0.3 is 9.47 Å². The van der Waals surface area contributed by atoms with Crippen LogP contribution in [-0.4, -0.2) is 44.7 Å². The van der Waals surface area contributed by atoms with Crippen LogP contribution < -0.4 is 4.74 Å². The number of sulfonamides is 1. The van der Waals surface area contributed by atoms with Gasteiger partial charge in [0.05, 0.1) is 19.1 Å². The van der Waals surface area contributed by atoms with E-state index in [4.69, 9.17) is 9.47 Å². The SMILES string of the molecule is COC(=O)[C@@H](C1CCC(=O)CC1)N(Cc1ccccc1)S(=O)(=O)c1ccc(OC)cc1. The Hall–Kier alpha value is -2.71. The second-order valence-electron chi connectivity index (χ2n) is 7.56. The molecule has 3 rings (SSSR count). The van der Waals surface area contributed by atoms with E-state index in [-0.39, 0.29) is 23.1 Å². The van der Waals surface area contributed by atoms with Crippen LogP contribution in [0.25, 0.3) is 0 Å². The average Bonchev–Trinajstić information content (AvgIpc) is 2.80. The van der Waals surface area contributed by atoms with Gasteiger partial charge in [0.15, 0.2) is 0 Å². The summed E-state index contributed by atoms with van der Waals surface area (Å²) in [6.45, 7) is 0.0133. The number of Topliss-reactive ketones (excluding diaryl/α,β-unsaturated/α-hetero) is 1. The first-order chi connectivity index (χ1) is 14.9. The van der Waals surface area contributed by atoms with Gasteiger partial charge >= 0.3 is 5.97 Å². The first-order valence-corrected chi connectivity index (χ1v) is 11.6. The lowest BCUT2D eigenvalue weighted by Gasteiger charge is -2.36. The number of carbonyl (C=O) groups excluding carboxylic acids is 2. The molecule has 1 saturated carbocycles. The summed E-state index contributed by atoms with van der Waals surface area (Å²) in [6, 6.07) is 14.2. The number of esters is 1. The summed E-state index contributed by atoms with van der Waals surface area (Å²) in [4.78, 5) is 24.7. The molecule has 0 spiro atoms. The summed E-state index contributed by atoms with van der Waals surface area (Å²) < 4.78 is 38.8. The van der Waals surface area contributed by atoms with Crippen molar-refractivity contribution in [2.45, 2.75) is 43.2 Å². The molecule has 7 nitrogen and oxygen atoms in total. The van der Waals surface area contributed by atoms with Crippen LogP contribution in [0.1, 0.15) is 31.2 Å². The molecule has 2 aromatic rings. The number of methoxy groups -OCH3 is 2. The normalized spacial score (nSPS) is 16.2. The Bertz CT molecular complexity index is 994. The van der Waals surface area contributed by atoms with Gasteiger partial charge in [-0.1, -0.05) is 30.3 Å². The van der Waals surface area contributed by atoms with Crippen LogP contribution in [0.4, 0.5) is 0 Å². The average molecular weight is 446 g/mol. The molecule has 2 aromatic carbocycles. The second kappa shape index (κ2) is 10.1. The molecular weight excluding hydrogens is 418 g/mol. The van der Waals surface area contributed by atoms with Crippen molar-refractivity contribution >= 4 is 21.8 Å².